The van der Waals surface area contributed by atoms with E-state index in [1.807, 2.05) is 5.32 Å². The van der Waals surface area contributed by atoms with E-state index in [4.69, 9.17) is 5.11 Å². The lowest BCUT2D eigenvalue weighted by molar-refractivity contribution is 0.199. The summed E-state index contributed by atoms with van der Waals surface area (Å²) in [6.07, 6.45) is 2.20. The van der Waals surface area contributed by atoms with Crippen LogP contribution >= 0.6 is 22.6 Å². The van der Waals surface area contributed by atoms with Gasteiger partial charge in [0.05, 0.1) is 3.92 Å². The van der Waals surface area contributed by atoms with E-state index >= 15 is 0 Å². The van der Waals surface area contributed by atoms with Crippen molar-refractivity contribution < 1.29 is 9.90 Å². The van der Waals surface area contributed by atoms with Crippen LogP contribution in [0.15, 0.2) is 0 Å². The van der Waals surface area contributed by atoms with E-state index in [-0.39, 0.29) is 3.92 Å². The van der Waals surface area contributed by atoms with Crippen LogP contribution in [-0.4, -0.2) is 15.1 Å². The molecule has 0 heterocycles. The summed E-state index contributed by atoms with van der Waals surface area (Å²) in [6.45, 7) is 2.12. The van der Waals surface area contributed by atoms with Crippen LogP contribution in [0, 0.1) is 12.0 Å². The van der Waals surface area contributed by atoms with Gasteiger partial charge in [-0.25, -0.2) is 10.1 Å². The van der Waals surface area contributed by atoms with Gasteiger partial charge in [-0.2, -0.15) is 0 Å². The molecule has 0 aromatic rings. The minimum Gasteiger partial charge on any atom is -0.464 e. The maximum Gasteiger partial charge on any atom is 0.416 e. The standard InChI is InChI=1S/C8H12INO2/c1-2-3-4-7(9)5-6-10-8(11)12/h7,10H,2-4H2,1H3,(H,11,12). The zero-order chi connectivity index (χ0) is 9.40. The first-order valence-electron chi connectivity index (χ1n) is 3.80. The van der Waals surface area contributed by atoms with E-state index in [9.17, 15) is 4.79 Å². The van der Waals surface area contributed by atoms with E-state index < -0.39 is 6.09 Å². The molecule has 1 amide bonds. The minimum atomic E-state index is -1.10. The number of carbonyl (C=O) groups is 1. The Balaban J connectivity index is 3.56. The Labute approximate surface area is 86.1 Å². The molecular formula is C8H12INO2. The van der Waals surface area contributed by atoms with Crippen LogP contribution in [0.1, 0.15) is 26.2 Å². The van der Waals surface area contributed by atoms with Gasteiger partial charge in [0.1, 0.15) is 0 Å². The van der Waals surface area contributed by atoms with E-state index in [1.54, 1.807) is 0 Å². The zero-order valence-corrected chi connectivity index (χ0v) is 9.09. The maximum atomic E-state index is 9.98. The molecule has 1 unspecified atom stereocenters. The normalized spacial score (nSPS) is 11.2. The van der Waals surface area contributed by atoms with Crippen molar-refractivity contribution in [2.45, 2.75) is 30.1 Å². The predicted octanol–water partition coefficient (Wildman–Crippen LogP) is 2.21. The third-order valence-corrected chi connectivity index (χ3v) is 2.14. The Morgan fingerprint density at radius 2 is 2.42 bits per heavy atom. The lowest BCUT2D eigenvalue weighted by Crippen LogP contribution is -2.14. The molecule has 0 bridgehead atoms. The molecule has 0 aromatic heterocycles. The van der Waals surface area contributed by atoms with Crippen molar-refractivity contribution in [2.75, 3.05) is 0 Å². The number of nitrogens with one attached hydrogen (secondary N) is 1. The lowest BCUT2D eigenvalue weighted by atomic mass is 10.2. The summed E-state index contributed by atoms with van der Waals surface area (Å²) in [6, 6.07) is 2.39. The smallest absolute Gasteiger partial charge is 0.416 e. The molecule has 4 heteroatoms. The van der Waals surface area contributed by atoms with E-state index in [2.05, 4.69) is 41.5 Å². The Morgan fingerprint density at radius 3 is 2.92 bits per heavy atom. The van der Waals surface area contributed by atoms with E-state index in [1.165, 1.54) is 0 Å². The van der Waals surface area contributed by atoms with Crippen molar-refractivity contribution in [1.29, 1.82) is 0 Å². The predicted molar refractivity (Wildman–Crippen MR) is 56.3 cm³/mol. The Kier molecular flexibility index (Phi) is 6.96. The highest BCUT2D eigenvalue weighted by Gasteiger charge is 1.96. The highest BCUT2D eigenvalue weighted by atomic mass is 127. The molecular weight excluding hydrogens is 269 g/mol. The molecule has 1 atom stereocenters. The van der Waals surface area contributed by atoms with Gasteiger partial charge in [0, 0.05) is 6.04 Å². The first-order chi connectivity index (χ1) is 5.66. The molecule has 68 valence electrons. The van der Waals surface area contributed by atoms with Gasteiger partial charge in [0.2, 0.25) is 0 Å². The third-order valence-electron chi connectivity index (χ3n) is 1.21. The molecule has 0 spiro atoms. The summed E-state index contributed by atoms with van der Waals surface area (Å²) in [7, 11) is 0. The van der Waals surface area contributed by atoms with E-state index in [0.717, 1.165) is 19.3 Å². The molecule has 3 nitrogen and oxygen atoms in total. The Bertz CT molecular complexity index is 195. The number of carboxylic acid groups (broad SMARTS) is 1. The molecule has 0 aliphatic heterocycles. The third kappa shape index (κ3) is 7.66. The number of hydrogen-bond acceptors (Lipinski definition) is 1. The first kappa shape index (κ1) is 11.6. The monoisotopic (exact) mass is 281 g/mol. The molecule has 0 aromatic carbocycles. The quantitative estimate of drug-likeness (QED) is 0.360. The van der Waals surface area contributed by atoms with Gasteiger partial charge < -0.3 is 5.11 Å². The van der Waals surface area contributed by atoms with Gasteiger partial charge in [-0.1, -0.05) is 48.3 Å². The van der Waals surface area contributed by atoms with Crippen LogP contribution in [0.5, 0.6) is 0 Å². The number of rotatable bonds is 3. The Morgan fingerprint density at radius 1 is 1.75 bits per heavy atom. The van der Waals surface area contributed by atoms with Crippen molar-refractivity contribution in [1.82, 2.24) is 5.32 Å². The minimum absolute atomic E-state index is 0.245. The summed E-state index contributed by atoms with van der Waals surface area (Å²) in [5.74, 6) is 2.79. The first-order valence-corrected chi connectivity index (χ1v) is 5.05. The van der Waals surface area contributed by atoms with Crippen molar-refractivity contribution in [3.63, 3.8) is 0 Å². The summed E-state index contributed by atoms with van der Waals surface area (Å²) in [4.78, 5) is 9.98. The van der Waals surface area contributed by atoms with Gasteiger partial charge in [-0.3, -0.25) is 0 Å². The second-order valence-electron chi connectivity index (χ2n) is 2.31. The number of unbranched alkanes of at least 4 members (excludes halogenated alkanes) is 1. The average molecular weight is 281 g/mol. The van der Waals surface area contributed by atoms with Crippen molar-refractivity contribution in [3.8, 4) is 12.0 Å². The van der Waals surface area contributed by atoms with Crippen molar-refractivity contribution in [3.05, 3.63) is 0 Å². The molecule has 2 N–H and O–H groups in total. The van der Waals surface area contributed by atoms with Crippen LogP contribution in [-0.2, 0) is 0 Å². The molecule has 0 aliphatic rings. The van der Waals surface area contributed by atoms with Crippen LogP contribution in [0.3, 0.4) is 0 Å². The van der Waals surface area contributed by atoms with Crippen LogP contribution in [0.4, 0.5) is 4.79 Å². The van der Waals surface area contributed by atoms with Gasteiger partial charge >= 0.3 is 6.09 Å². The molecule has 0 aliphatic carbocycles. The largest absolute Gasteiger partial charge is 0.464 e. The van der Waals surface area contributed by atoms with Gasteiger partial charge in [0.25, 0.3) is 0 Å². The second-order valence-corrected chi connectivity index (χ2v) is 3.81. The fraction of sp³-hybridized carbons (Fsp3) is 0.625. The van der Waals surface area contributed by atoms with Crippen molar-refractivity contribution >= 4 is 28.7 Å². The van der Waals surface area contributed by atoms with Crippen LogP contribution < -0.4 is 5.32 Å². The number of amides is 1. The molecule has 12 heavy (non-hydrogen) atoms. The summed E-state index contributed by atoms with van der Waals surface area (Å²) in [5, 5.41) is 10.2. The fourth-order valence-corrected chi connectivity index (χ4v) is 1.22. The van der Waals surface area contributed by atoms with Crippen LogP contribution in [0.25, 0.3) is 0 Å². The Hall–Kier alpha value is -0.440. The zero-order valence-electron chi connectivity index (χ0n) is 6.93. The molecule has 0 saturated heterocycles. The topological polar surface area (TPSA) is 49.3 Å². The number of hydrogen-bond donors (Lipinski definition) is 2. The maximum absolute atomic E-state index is 9.98. The highest BCUT2D eigenvalue weighted by molar-refractivity contribution is 14.1. The van der Waals surface area contributed by atoms with Crippen LogP contribution in [0.2, 0.25) is 0 Å². The average Bonchev–Trinajstić information content (AvgIpc) is 2.00. The fourth-order valence-electron chi connectivity index (χ4n) is 0.623. The van der Waals surface area contributed by atoms with E-state index in [0.29, 0.717) is 0 Å². The summed E-state index contributed by atoms with van der Waals surface area (Å²) < 4.78 is 0.245. The van der Waals surface area contributed by atoms with Crippen molar-refractivity contribution in [2.24, 2.45) is 0 Å². The molecule has 0 radical (unpaired) electrons. The van der Waals surface area contributed by atoms with Gasteiger partial charge in [0.15, 0.2) is 0 Å². The SMILES string of the molecule is CCCCC(I)C#CNC(=O)O. The molecule has 0 rings (SSSR count). The van der Waals surface area contributed by atoms with Gasteiger partial charge in [-0.15, -0.1) is 0 Å². The van der Waals surface area contributed by atoms with Gasteiger partial charge in [-0.05, 0) is 6.42 Å². The molecule has 0 fully saturated rings. The second kappa shape index (κ2) is 7.22. The summed E-state index contributed by atoms with van der Waals surface area (Å²) in [5.41, 5.74) is 0. The number of alkyl halides is 1. The summed E-state index contributed by atoms with van der Waals surface area (Å²) >= 11 is 2.21. The lowest BCUT2D eigenvalue weighted by Gasteiger charge is -1.97. The molecule has 0 saturated carbocycles. The number of halogens is 1. The highest BCUT2D eigenvalue weighted by Crippen LogP contribution is 2.08.